The predicted octanol–water partition coefficient (Wildman–Crippen LogP) is 4.76. The first kappa shape index (κ1) is 20.0. The van der Waals surface area contributed by atoms with Crippen LogP contribution in [0.5, 0.6) is 0 Å². The second-order valence-corrected chi connectivity index (χ2v) is 8.05. The molecule has 8 heteroatoms. The molecule has 1 aromatic carbocycles. The van der Waals surface area contributed by atoms with Gasteiger partial charge in [0.05, 0.1) is 17.1 Å². The number of Topliss-reactive ketones (excluding diaryl/α,β-unsaturated/α-hetero) is 1. The molecule has 7 nitrogen and oxygen atoms in total. The summed E-state index contributed by atoms with van der Waals surface area (Å²) in [5, 5.41) is 9.97. The smallest absolute Gasteiger partial charge is 0.210 e. The quantitative estimate of drug-likeness (QED) is 0.301. The normalized spacial score (nSPS) is 11.0. The van der Waals surface area contributed by atoms with Gasteiger partial charge < -0.3 is 4.98 Å². The van der Waals surface area contributed by atoms with Crippen LogP contribution in [0.4, 0.5) is 0 Å². The molecule has 0 bridgehead atoms. The second kappa shape index (κ2) is 8.68. The van der Waals surface area contributed by atoms with Crippen LogP contribution in [0, 0.1) is 6.92 Å². The zero-order chi connectivity index (χ0) is 21.9. The lowest BCUT2D eigenvalue weighted by Gasteiger charge is -2.08. The van der Waals surface area contributed by atoms with E-state index in [0.717, 1.165) is 16.6 Å². The van der Waals surface area contributed by atoms with Crippen molar-refractivity contribution in [2.45, 2.75) is 12.1 Å². The number of rotatable bonds is 6. The molecule has 0 aliphatic carbocycles. The Morgan fingerprint density at radius 1 is 0.875 bits per heavy atom. The molecule has 0 aliphatic heterocycles. The number of nitrogens with zero attached hydrogens (tertiary/aromatic N) is 5. The van der Waals surface area contributed by atoms with E-state index in [4.69, 9.17) is 0 Å². The number of benzene rings is 1. The van der Waals surface area contributed by atoms with Crippen LogP contribution >= 0.6 is 11.8 Å². The number of pyridine rings is 2. The number of hydrogen-bond acceptors (Lipinski definition) is 7. The van der Waals surface area contributed by atoms with Crippen molar-refractivity contribution >= 4 is 28.4 Å². The van der Waals surface area contributed by atoms with E-state index >= 15 is 0 Å². The van der Waals surface area contributed by atoms with Gasteiger partial charge in [0, 0.05) is 34.6 Å². The molecule has 1 N–H and O–H groups in total. The van der Waals surface area contributed by atoms with Crippen LogP contribution in [0.2, 0.25) is 0 Å². The largest absolute Gasteiger partial charge is 0.358 e. The van der Waals surface area contributed by atoms with Gasteiger partial charge in [-0.15, -0.1) is 10.2 Å². The van der Waals surface area contributed by atoms with E-state index in [9.17, 15) is 4.79 Å². The molecule has 0 radical (unpaired) electrons. The molecule has 5 rings (SSSR count). The van der Waals surface area contributed by atoms with Crippen molar-refractivity contribution in [3.05, 3.63) is 84.3 Å². The summed E-state index contributed by atoms with van der Waals surface area (Å²) in [5.41, 5.74) is 4.98. The third-order valence-electron chi connectivity index (χ3n) is 4.99. The number of nitrogens with one attached hydrogen (secondary N) is 1. The Balaban J connectivity index is 1.45. The molecule has 4 heterocycles. The molecule has 0 spiro atoms. The maximum Gasteiger partial charge on any atom is 0.210 e. The van der Waals surface area contributed by atoms with E-state index < -0.39 is 0 Å². The Kier molecular flexibility index (Phi) is 5.43. The average Bonchev–Trinajstić information content (AvgIpc) is 3.19. The number of hydrogen-bond donors (Lipinski definition) is 1. The van der Waals surface area contributed by atoms with Gasteiger partial charge in [-0.2, -0.15) is 0 Å². The van der Waals surface area contributed by atoms with Gasteiger partial charge in [0.1, 0.15) is 11.4 Å². The number of aryl methyl sites for hydroxylation is 1. The van der Waals surface area contributed by atoms with Crippen LogP contribution < -0.4 is 0 Å². The van der Waals surface area contributed by atoms with Gasteiger partial charge in [-0.1, -0.05) is 42.1 Å². The first-order valence-electron chi connectivity index (χ1n) is 10.0. The molecule has 32 heavy (non-hydrogen) atoms. The van der Waals surface area contributed by atoms with E-state index in [1.165, 1.54) is 11.8 Å². The zero-order valence-electron chi connectivity index (χ0n) is 17.2. The molecule has 4 aromatic heterocycles. The highest BCUT2D eigenvalue weighted by molar-refractivity contribution is 7.99. The molecule has 0 saturated carbocycles. The van der Waals surface area contributed by atoms with E-state index in [0.29, 0.717) is 33.5 Å². The molecular weight excluding hydrogens is 420 g/mol. The van der Waals surface area contributed by atoms with Crippen LogP contribution in [0.3, 0.4) is 0 Å². The first-order chi connectivity index (χ1) is 15.7. The van der Waals surface area contributed by atoms with Gasteiger partial charge in [0.2, 0.25) is 5.16 Å². The van der Waals surface area contributed by atoms with Gasteiger partial charge in [-0.3, -0.25) is 14.8 Å². The number of aromatic amines is 1. The molecule has 156 valence electrons. The number of carbonyl (C=O) groups is 1. The average molecular weight is 439 g/mol. The summed E-state index contributed by atoms with van der Waals surface area (Å²) in [6, 6.07) is 19.0. The van der Waals surface area contributed by atoms with Gasteiger partial charge in [0.15, 0.2) is 5.78 Å². The first-order valence-corrected chi connectivity index (χ1v) is 11.0. The van der Waals surface area contributed by atoms with Gasteiger partial charge in [-0.25, -0.2) is 4.98 Å². The molecule has 0 amide bonds. The number of ketones is 1. The van der Waals surface area contributed by atoms with Crippen molar-refractivity contribution in [2.24, 2.45) is 0 Å². The second-order valence-electron chi connectivity index (χ2n) is 7.10. The maximum absolute atomic E-state index is 13.0. The summed E-state index contributed by atoms with van der Waals surface area (Å²) in [6.45, 7) is 1.91. The summed E-state index contributed by atoms with van der Waals surface area (Å²) in [5.74, 6) is 0.219. The van der Waals surface area contributed by atoms with Crippen LogP contribution in [0.1, 0.15) is 16.1 Å². The van der Waals surface area contributed by atoms with Crippen molar-refractivity contribution in [3.8, 4) is 22.8 Å². The summed E-state index contributed by atoms with van der Waals surface area (Å²) < 4.78 is 0. The minimum absolute atomic E-state index is 0.0155. The van der Waals surface area contributed by atoms with Crippen molar-refractivity contribution in [2.75, 3.05) is 5.75 Å². The van der Waals surface area contributed by atoms with Crippen molar-refractivity contribution in [1.29, 1.82) is 0 Å². The van der Waals surface area contributed by atoms with Gasteiger partial charge >= 0.3 is 0 Å². The monoisotopic (exact) mass is 438 g/mol. The molecule has 0 unspecified atom stereocenters. The summed E-state index contributed by atoms with van der Waals surface area (Å²) >= 11 is 1.26. The lowest BCUT2D eigenvalue weighted by Crippen LogP contribution is -2.06. The number of fused-ring (bicyclic) bond motifs is 1. The van der Waals surface area contributed by atoms with Crippen LogP contribution in [-0.2, 0) is 0 Å². The van der Waals surface area contributed by atoms with Crippen LogP contribution in [-0.4, -0.2) is 41.7 Å². The Labute approximate surface area is 188 Å². The highest BCUT2D eigenvalue weighted by Crippen LogP contribution is 2.28. The highest BCUT2D eigenvalue weighted by atomic mass is 32.2. The molecule has 0 saturated heterocycles. The van der Waals surface area contributed by atoms with Gasteiger partial charge in [-0.05, 0) is 37.3 Å². The summed E-state index contributed by atoms with van der Waals surface area (Å²) in [4.78, 5) is 29.8. The number of aromatic nitrogens is 6. The third kappa shape index (κ3) is 3.88. The van der Waals surface area contributed by atoms with Crippen molar-refractivity contribution < 1.29 is 4.79 Å². The SMILES string of the molecule is Cc1[nH]c2ccccc2c1C(=O)CSc1nnc(-c2ccccn2)c(-c2ccccn2)n1. The molecule has 0 fully saturated rings. The molecule has 5 aromatic rings. The Morgan fingerprint density at radius 2 is 1.56 bits per heavy atom. The lowest BCUT2D eigenvalue weighted by molar-refractivity contribution is 0.102. The molecular formula is C24H18N6OS. The van der Waals surface area contributed by atoms with E-state index in [-0.39, 0.29) is 11.5 Å². The molecule has 0 aliphatic rings. The van der Waals surface area contributed by atoms with Crippen LogP contribution in [0.15, 0.2) is 78.2 Å². The highest BCUT2D eigenvalue weighted by Gasteiger charge is 2.19. The third-order valence-corrected chi connectivity index (χ3v) is 5.82. The minimum atomic E-state index is 0.0155. The van der Waals surface area contributed by atoms with Crippen LogP contribution in [0.25, 0.3) is 33.7 Å². The summed E-state index contributed by atoms with van der Waals surface area (Å²) in [7, 11) is 0. The fourth-order valence-corrected chi connectivity index (χ4v) is 4.23. The number of H-pyrrole nitrogens is 1. The molecule has 0 atom stereocenters. The zero-order valence-corrected chi connectivity index (χ0v) is 18.0. The number of thioether (sulfide) groups is 1. The van der Waals surface area contributed by atoms with E-state index in [1.54, 1.807) is 12.4 Å². The lowest BCUT2D eigenvalue weighted by atomic mass is 10.1. The minimum Gasteiger partial charge on any atom is -0.358 e. The number of carbonyl (C=O) groups excluding carboxylic acids is 1. The standard InChI is InChI=1S/C24H18N6OS/c1-15-21(16-8-2-3-9-17(16)27-15)20(31)14-32-24-28-22(18-10-4-6-12-25-18)23(29-30-24)19-11-5-7-13-26-19/h2-13,27H,14H2,1H3. The van der Waals surface area contributed by atoms with E-state index in [1.807, 2.05) is 67.6 Å². The predicted molar refractivity (Wildman–Crippen MR) is 124 cm³/mol. The Morgan fingerprint density at radius 3 is 2.28 bits per heavy atom. The summed E-state index contributed by atoms with van der Waals surface area (Å²) in [6.07, 6.45) is 3.40. The topological polar surface area (TPSA) is 97.3 Å². The number of para-hydroxylation sites is 1. The Bertz CT molecular complexity index is 1400. The van der Waals surface area contributed by atoms with E-state index in [2.05, 4.69) is 30.1 Å². The van der Waals surface area contributed by atoms with Crippen molar-refractivity contribution in [1.82, 2.24) is 30.1 Å². The van der Waals surface area contributed by atoms with Crippen molar-refractivity contribution in [3.63, 3.8) is 0 Å². The van der Waals surface area contributed by atoms with Gasteiger partial charge in [0.25, 0.3) is 0 Å². The fraction of sp³-hybridized carbons (Fsp3) is 0.0833. The Hall–Kier alpha value is -3.91. The fourth-order valence-electron chi connectivity index (χ4n) is 3.57. The maximum atomic E-state index is 13.0.